The molecule has 1 aromatic rings. The Kier molecular flexibility index (Phi) is 3.96. The van der Waals surface area contributed by atoms with Gasteiger partial charge in [-0.1, -0.05) is 22.0 Å². The number of hydrogen-bond donors (Lipinski definition) is 1. The van der Waals surface area contributed by atoms with Crippen LogP contribution < -0.4 is 5.73 Å². The van der Waals surface area contributed by atoms with Gasteiger partial charge in [0.2, 0.25) is 0 Å². The average molecular weight is 260 g/mol. The summed E-state index contributed by atoms with van der Waals surface area (Å²) in [6.07, 6.45) is 1.94. The summed E-state index contributed by atoms with van der Waals surface area (Å²) in [5.74, 6) is -0.0307. The van der Waals surface area contributed by atoms with E-state index in [1.54, 1.807) is 11.8 Å². The molecule has 0 radical (unpaired) electrons. The maximum atomic E-state index is 11.4. The van der Waals surface area contributed by atoms with Crippen molar-refractivity contribution in [1.29, 1.82) is 0 Å². The molecule has 0 aliphatic heterocycles. The van der Waals surface area contributed by atoms with E-state index in [-0.39, 0.29) is 12.3 Å². The van der Waals surface area contributed by atoms with Crippen molar-refractivity contribution in [3.63, 3.8) is 0 Å². The third-order valence-corrected chi connectivity index (χ3v) is 3.10. The number of nitrogens with two attached hydrogens (primary N) is 1. The fourth-order valence-corrected chi connectivity index (χ4v) is 2.41. The molecule has 2 nitrogen and oxygen atoms in total. The Labute approximate surface area is 90.0 Å². The minimum Gasteiger partial charge on any atom is -0.324 e. The number of carbonyl (C=O) groups excluding carboxylic acids is 1. The van der Waals surface area contributed by atoms with Crippen LogP contribution in [0.5, 0.6) is 0 Å². The molecular weight excluding hydrogens is 250 g/mol. The summed E-state index contributed by atoms with van der Waals surface area (Å²) in [5.41, 5.74) is 6.01. The van der Waals surface area contributed by atoms with E-state index in [9.17, 15) is 4.79 Å². The van der Waals surface area contributed by atoms with Gasteiger partial charge in [0.15, 0.2) is 5.78 Å². The molecule has 0 unspecified atom stereocenters. The molecule has 0 aromatic heterocycles. The highest BCUT2D eigenvalue weighted by Crippen LogP contribution is 2.27. The van der Waals surface area contributed by atoms with Gasteiger partial charge in [0.1, 0.15) is 0 Å². The quantitative estimate of drug-likeness (QED) is 0.670. The van der Waals surface area contributed by atoms with Crippen LogP contribution in [0, 0.1) is 0 Å². The van der Waals surface area contributed by atoms with Gasteiger partial charge in [0.05, 0.1) is 6.54 Å². The molecular formula is C9H10BrNOS. The Bertz CT molecular complexity index is 327. The molecule has 0 heterocycles. The van der Waals surface area contributed by atoms with E-state index in [2.05, 4.69) is 15.9 Å². The second kappa shape index (κ2) is 4.79. The highest BCUT2D eigenvalue weighted by Gasteiger charge is 2.12. The number of Topliss-reactive ketones (excluding diaryl/α,β-unsaturated/α-hetero) is 1. The SMILES string of the molecule is CSc1cccc(Br)c1C(=O)CN. The van der Waals surface area contributed by atoms with E-state index in [0.717, 1.165) is 9.37 Å². The smallest absolute Gasteiger partial charge is 0.178 e. The van der Waals surface area contributed by atoms with Crippen molar-refractivity contribution in [3.05, 3.63) is 28.2 Å². The predicted octanol–water partition coefficient (Wildman–Crippen LogP) is 2.31. The molecule has 0 saturated heterocycles. The summed E-state index contributed by atoms with van der Waals surface area (Å²) in [5, 5.41) is 0. The Hall–Kier alpha value is -0.320. The van der Waals surface area contributed by atoms with Gasteiger partial charge in [0.25, 0.3) is 0 Å². The zero-order valence-electron chi connectivity index (χ0n) is 7.21. The highest BCUT2D eigenvalue weighted by molar-refractivity contribution is 9.10. The Morgan fingerprint density at radius 3 is 2.85 bits per heavy atom. The van der Waals surface area contributed by atoms with Crippen molar-refractivity contribution in [1.82, 2.24) is 0 Å². The lowest BCUT2D eigenvalue weighted by Gasteiger charge is -2.06. The highest BCUT2D eigenvalue weighted by atomic mass is 79.9. The van der Waals surface area contributed by atoms with Crippen LogP contribution in [0.25, 0.3) is 0 Å². The van der Waals surface area contributed by atoms with Gasteiger partial charge in [-0.25, -0.2) is 0 Å². The molecule has 2 N–H and O–H groups in total. The lowest BCUT2D eigenvalue weighted by atomic mass is 10.1. The third kappa shape index (κ3) is 2.33. The van der Waals surface area contributed by atoms with E-state index in [1.807, 2.05) is 24.5 Å². The van der Waals surface area contributed by atoms with Crippen molar-refractivity contribution < 1.29 is 4.79 Å². The summed E-state index contributed by atoms with van der Waals surface area (Å²) >= 11 is 4.89. The number of rotatable bonds is 3. The maximum absolute atomic E-state index is 11.4. The van der Waals surface area contributed by atoms with Crippen LogP contribution in [0.4, 0.5) is 0 Å². The van der Waals surface area contributed by atoms with Crippen LogP contribution in [-0.2, 0) is 0 Å². The zero-order valence-corrected chi connectivity index (χ0v) is 9.61. The molecule has 13 heavy (non-hydrogen) atoms. The molecule has 70 valence electrons. The minimum atomic E-state index is -0.0307. The van der Waals surface area contributed by atoms with E-state index >= 15 is 0 Å². The first-order chi connectivity index (χ1) is 6.20. The molecule has 1 aromatic carbocycles. The van der Waals surface area contributed by atoms with Crippen molar-refractivity contribution in [2.75, 3.05) is 12.8 Å². The molecule has 4 heteroatoms. The Balaban J connectivity index is 3.22. The van der Waals surface area contributed by atoms with Gasteiger partial charge in [0, 0.05) is 14.9 Å². The molecule has 0 fully saturated rings. The van der Waals surface area contributed by atoms with E-state index in [0.29, 0.717) is 5.56 Å². The van der Waals surface area contributed by atoms with Crippen LogP contribution in [-0.4, -0.2) is 18.6 Å². The van der Waals surface area contributed by atoms with Crippen LogP contribution in [0.1, 0.15) is 10.4 Å². The third-order valence-electron chi connectivity index (χ3n) is 1.66. The fourth-order valence-electron chi connectivity index (χ4n) is 1.05. The van der Waals surface area contributed by atoms with Crippen molar-refractivity contribution in [2.45, 2.75) is 4.90 Å². The number of ketones is 1. The molecule has 1 rings (SSSR count). The van der Waals surface area contributed by atoms with E-state index in [1.165, 1.54) is 0 Å². The average Bonchev–Trinajstić information content (AvgIpc) is 2.16. The van der Waals surface area contributed by atoms with Gasteiger partial charge in [-0.05, 0) is 18.4 Å². The summed E-state index contributed by atoms with van der Waals surface area (Å²) in [6, 6.07) is 5.67. The Morgan fingerprint density at radius 1 is 1.62 bits per heavy atom. The van der Waals surface area contributed by atoms with Gasteiger partial charge in [-0.3, -0.25) is 4.79 Å². The van der Waals surface area contributed by atoms with Crippen LogP contribution >= 0.6 is 27.7 Å². The van der Waals surface area contributed by atoms with Gasteiger partial charge < -0.3 is 5.73 Å². The second-order valence-electron chi connectivity index (χ2n) is 2.44. The first-order valence-electron chi connectivity index (χ1n) is 3.76. The number of carbonyl (C=O) groups is 1. The summed E-state index contributed by atoms with van der Waals surface area (Å²) < 4.78 is 0.815. The largest absolute Gasteiger partial charge is 0.324 e. The monoisotopic (exact) mass is 259 g/mol. The van der Waals surface area contributed by atoms with Crippen LogP contribution in [0.2, 0.25) is 0 Å². The first kappa shape index (κ1) is 10.8. The summed E-state index contributed by atoms with van der Waals surface area (Å²) in [7, 11) is 0. The lowest BCUT2D eigenvalue weighted by Crippen LogP contribution is -2.15. The summed E-state index contributed by atoms with van der Waals surface area (Å²) in [4.78, 5) is 12.4. The van der Waals surface area contributed by atoms with Crippen molar-refractivity contribution in [2.24, 2.45) is 5.73 Å². The molecule has 0 amide bonds. The van der Waals surface area contributed by atoms with E-state index < -0.39 is 0 Å². The van der Waals surface area contributed by atoms with Gasteiger partial charge in [-0.15, -0.1) is 11.8 Å². The molecule has 0 aliphatic carbocycles. The van der Waals surface area contributed by atoms with Crippen molar-refractivity contribution >= 4 is 33.5 Å². The lowest BCUT2D eigenvalue weighted by molar-refractivity contribution is 0.0998. The Morgan fingerprint density at radius 2 is 2.31 bits per heavy atom. The zero-order chi connectivity index (χ0) is 9.84. The minimum absolute atomic E-state index is 0.0307. The first-order valence-corrected chi connectivity index (χ1v) is 5.78. The number of benzene rings is 1. The van der Waals surface area contributed by atoms with Gasteiger partial charge in [-0.2, -0.15) is 0 Å². The fraction of sp³-hybridized carbons (Fsp3) is 0.222. The van der Waals surface area contributed by atoms with E-state index in [4.69, 9.17) is 5.73 Å². The van der Waals surface area contributed by atoms with Crippen LogP contribution in [0.15, 0.2) is 27.6 Å². The molecule has 0 aliphatic rings. The second-order valence-corrected chi connectivity index (χ2v) is 4.15. The van der Waals surface area contributed by atoms with Crippen molar-refractivity contribution in [3.8, 4) is 0 Å². The summed E-state index contributed by atoms with van der Waals surface area (Å²) in [6.45, 7) is 0.0518. The topological polar surface area (TPSA) is 43.1 Å². The number of hydrogen-bond acceptors (Lipinski definition) is 3. The maximum Gasteiger partial charge on any atom is 0.178 e. The number of thioether (sulfide) groups is 1. The standard InChI is InChI=1S/C9H10BrNOS/c1-13-8-4-2-3-6(10)9(8)7(12)5-11/h2-4H,5,11H2,1H3. The molecule has 0 atom stereocenters. The normalized spacial score (nSPS) is 10.1. The molecule has 0 saturated carbocycles. The van der Waals surface area contributed by atoms with Gasteiger partial charge >= 0.3 is 0 Å². The van der Waals surface area contributed by atoms with Crippen LogP contribution in [0.3, 0.4) is 0 Å². The predicted molar refractivity (Wildman–Crippen MR) is 59.3 cm³/mol. The number of halogens is 1. The molecule has 0 spiro atoms. The molecule has 0 bridgehead atoms.